The molecule has 1 aromatic heterocycles. The van der Waals surface area contributed by atoms with Crippen LogP contribution in [0.3, 0.4) is 0 Å². The van der Waals surface area contributed by atoms with E-state index in [1.807, 2.05) is 6.07 Å². The Bertz CT molecular complexity index is 710. The van der Waals surface area contributed by atoms with Crippen LogP contribution in [0.2, 0.25) is 0 Å². The molecule has 0 spiro atoms. The van der Waals surface area contributed by atoms with Gasteiger partial charge in [0, 0.05) is 55.3 Å². The topological polar surface area (TPSA) is 88.5 Å². The number of likely N-dealkylation sites (N-methyl/N-ethyl adjacent to an activating group) is 1. The molecule has 0 aliphatic carbocycles. The Morgan fingerprint density at radius 2 is 2.09 bits per heavy atom. The Morgan fingerprint density at radius 3 is 2.78 bits per heavy atom. The summed E-state index contributed by atoms with van der Waals surface area (Å²) in [6, 6.07) is 6.57. The van der Waals surface area contributed by atoms with E-state index in [2.05, 4.69) is 21.8 Å². The number of anilines is 1. The van der Waals surface area contributed by atoms with E-state index in [0.29, 0.717) is 5.13 Å². The van der Waals surface area contributed by atoms with Gasteiger partial charge in [-0.15, -0.1) is 11.3 Å². The molecule has 1 fully saturated rings. The molecule has 8 heteroatoms. The molecule has 0 amide bonds. The molecule has 7 nitrogen and oxygen atoms in total. The fourth-order valence-corrected chi connectivity index (χ4v) is 3.58. The van der Waals surface area contributed by atoms with Crippen molar-refractivity contribution in [3.8, 4) is 11.3 Å². The molecule has 0 bridgehead atoms. The summed E-state index contributed by atoms with van der Waals surface area (Å²) in [5, 5.41) is 11.5. The van der Waals surface area contributed by atoms with Gasteiger partial charge in [-0.05, 0) is 7.05 Å². The minimum absolute atomic E-state index is 0.0691. The van der Waals surface area contributed by atoms with Crippen LogP contribution in [0.25, 0.3) is 11.3 Å². The molecule has 2 N–H and O–H groups in total. The summed E-state index contributed by atoms with van der Waals surface area (Å²) in [5.74, 6) is 0. The second-order valence-electron chi connectivity index (χ2n) is 5.71. The molecule has 23 heavy (non-hydrogen) atoms. The van der Waals surface area contributed by atoms with Crippen molar-refractivity contribution >= 4 is 22.2 Å². The van der Waals surface area contributed by atoms with Gasteiger partial charge in [-0.2, -0.15) is 0 Å². The van der Waals surface area contributed by atoms with Crippen LogP contribution in [0.15, 0.2) is 24.3 Å². The zero-order chi connectivity index (χ0) is 16.4. The number of rotatable bonds is 4. The maximum absolute atomic E-state index is 11.0. The molecule has 1 saturated heterocycles. The van der Waals surface area contributed by atoms with Crippen LogP contribution < -0.4 is 5.73 Å². The molecular weight excluding hydrogens is 314 g/mol. The van der Waals surface area contributed by atoms with Gasteiger partial charge >= 0.3 is 0 Å². The lowest BCUT2D eigenvalue weighted by Gasteiger charge is -2.32. The highest BCUT2D eigenvalue weighted by Crippen LogP contribution is 2.32. The number of non-ortho nitro benzene ring substituents is 1. The van der Waals surface area contributed by atoms with Crippen molar-refractivity contribution in [3.63, 3.8) is 0 Å². The van der Waals surface area contributed by atoms with Crippen molar-refractivity contribution in [2.75, 3.05) is 39.0 Å². The summed E-state index contributed by atoms with van der Waals surface area (Å²) in [5.41, 5.74) is 7.46. The smallest absolute Gasteiger partial charge is 0.270 e. The first-order valence-corrected chi connectivity index (χ1v) is 8.25. The SMILES string of the molecule is CN1CCN(Cc2sc(N)nc2-c2cccc([N+](=O)[O-])c2)CC1. The monoisotopic (exact) mass is 333 g/mol. The molecule has 1 aliphatic heterocycles. The van der Waals surface area contributed by atoms with Crippen LogP contribution in [-0.4, -0.2) is 52.9 Å². The van der Waals surface area contributed by atoms with Gasteiger partial charge in [-0.25, -0.2) is 4.98 Å². The highest BCUT2D eigenvalue weighted by atomic mass is 32.1. The third-order valence-corrected chi connectivity index (χ3v) is 4.88. The lowest BCUT2D eigenvalue weighted by atomic mass is 10.1. The first-order chi connectivity index (χ1) is 11.0. The Balaban J connectivity index is 1.86. The summed E-state index contributed by atoms with van der Waals surface area (Å²) in [7, 11) is 2.12. The number of nitro benzene ring substituents is 1. The van der Waals surface area contributed by atoms with Crippen molar-refractivity contribution < 1.29 is 4.92 Å². The van der Waals surface area contributed by atoms with E-state index in [-0.39, 0.29) is 10.6 Å². The predicted molar refractivity (Wildman–Crippen MR) is 91.4 cm³/mol. The molecule has 3 rings (SSSR count). The number of nitro groups is 1. The average molecular weight is 333 g/mol. The molecular formula is C15H19N5O2S. The predicted octanol–water partition coefficient (Wildman–Crippen LogP) is 2.05. The van der Waals surface area contributed by atoms with Gasteiger partial charge in [0.15, 0.2) is 5.13 Å². The molecule has 0 unspecified atom stereocenters. The number of aromatic nitrogens is 1. The number of thiazole rings is 1. The molecule has 0 atom stereocenters. The number of nitrogens with two attached hydrogens (primary N) is 1. The van der Waals surface area contributed by atoms with Crippen LogP contribution >= 0.6 is 11.3 Å². The van der Waals surface area contributed by atoms with E-state index in [1.54, 1.807) is 12.1 Å². The molecule has 2 aromatic rings. The van der Waals surface area contributed by atoms with E-state index < -0.39 is 0 Å². The standard InChI is InChI=1S/C15H19N5O2S/c1-18-5-7-19(8-6-18)10-13-14(17-15(16)23-13)11-3-2-4-12(9-11)20(21)22/h2-4,9H,5-8,10H2,1H3,(H2,16,17). The van der Waals surface area contributed by atoms with Gasteiger partial charge < -0.3 is 10.6 Å². The van der Waals surface area contributed by atoms with E-state index in [4.69, 9.17) is 5.73 Å². The van der Waals surface area contributed by atoms with Gasteiger partial charge in [0.05, 0.1) is 10.6 Å². The average Bonchev–Trinajstić information content (AvgIpc) is 2.90. The number of hydrogen-bond donors (Lipinski definition) is 1. The highest BCUT2D eigenvalue weighted by Gasteiger charge is 2.19. The van der Waals surface area contributed by atoms with E-state index >= 15 is 0 Å². The summed E-state index contributed by atoms with van der Waals surface area (Å²) in [6.07, 6.45) is 0. The molecule has 2 heterocycles. The Kier molecular flexibility index (Phi) is 4.56. The van der Waals surface area contributed by atoms with Crippen LogP contribution in [0, 0.1) is 10.1 Å². The number of nitrogen functional groups attached to an aromatic ring is 1. The van der Waals surface area contributed by atoms with Gasteiger partial charge in [0.1, 0.15) is 0 Å². The fourth-order valence-electron chi connectivity index (χ4n) is 2.68. The number of nitrogens with zero attached hydrogens (tertiary/aromatic N) is 4. The van der Waals surface area contributed by atoms with E-state index in [9.17, 15) is 10.1 Å². The van der Waals surface area contributed by atoms with Crippen molar-refractivity contribution in [1.82, 2.24) is 14.8 Å². The van der Waals surface area contributed by atoms with Crippen molar-refractivity contribution in [2.24, 2.45) is 0 Å². The van der Waals surface area contributed by atoms with E-state index in [0.717, 1.165) is 48.9 Å². The van der Waals surface area contributed by atoms with Gasteiger partial charge in [-0.3, -0.25) is 15.0 Å². The third-order valence-electron chi connectivity index (χ3n) is 4.01. The Hall–Kier alpha value is -2.03. The minimum atomic E-state index is -0.390. The van der Waals surface area contributed by atoms with Gasteiger partial charge in [0.25, 0.3) is 5.69 Å². The normalized spacial score (nSPS) is 16.6. The first-order valence-electron chi connectivity index (χ1n) is 7.44. The lowest BCUT2D eigenvalue weighted by Crippen LogP contribution is -2.43. The molecule has 0 radical (unpaired) electrons. The van der Waals surface area contributed by atoms with Crippen molar-refractivity contribution in [2.45, 2.75) is 6.54 Å². The van der Waals surface area contributed by atoms with Crippen molar-refractivity contribution in [3.05, 3.63) is 39.3 Å². The molecule has 1 aromatic carbocycles. The summed E-state index contributed by atoms with van der Waals surface area (Å²) in [6.45, 7) is 4.87. The van der Waals surface area contributed by atoms with E-state index in [1.165, 1.54) is 17.4 Å². The van der Waals surface area contributed by atoms with Crippen LogP contribution in [0.4, 0.5) is 10.8 Å². The van der Waals surface area contributed by atoms with Crippen LogP contribution in [-0.2, 0) is 6.54 Å². The number of benzene rings is 1. The molecule has 122 valence electrons. The second kappa shape index (κ2) is 6.61. The quantitative estimate of drug-likeness (QED) is 0.680. The zero-order valence-corrected chi connectivity index (χ0v) is 13.8. The minimum Gasteiger partial charge on any atom is -0.375 e. The summed E-state index contributed by atoms with van der Waals surface area (Å²) in [4.78, 5) is 20.7. The fraction of sp³-hybridized carbons (Fsp3) is 0.400. The van der Waals surface area contributed by atoms with Gasteiger partial charge in [0.2, 0.25) is 0 Å². The van der Waals surface area contributed by atoms with Crippen molar-refractivity contribution in [1.29, 1.82) is 0 Å². The number of hydrogen-bond acceptors (Lipinski definition) is 7. The molecule has 1 aliphatic rings. The lowest BCUT2D eigenvalue weighted by molar-refractivity contribution is -0.384. The largest absolute Gasteiger partial charge is 0.375 e. The summed E-state index contributed by atoms with van der Waals surface area (Å²) < 4.78 is 0. The zero-order valence-electron chi connectivity index (χ0n) is 12.9. The maximum Gasteiger partial charge on any atom is 0.270 e. The Labute approximate surface area is 138 Å². The third kappa shape index (κ3) is 3.66. The Morgan fingerprint density at radius 1 is 1.35 bits per heavy atom. The van der Waals surface area contributed by atoms with Crippen LogP contribution in [0.1, 0.15) is 4.88 Å². The first kappa shape index (κ1) is 15.9. The molecule has 0 saturated carbocycles. The maximum atomic E-state index is 11.0. The van der Waals surface area contributed by atoms with Gasteiger partial charge in [-0.1, -0.05) is 12.1 Å². The highest BCUT2D eigenvalue weighted by molar-refractivity contribution is 7.15. The number of piperazine rings is 1. The second-order valence-corrected chi connectivity index (χ2v) is 6.83. The summed E-state index contributed by atoms with van der Waals surface area (Å²) >= 11 is 1.46. The van der Waals surface area contributed by atoms with Crippen LogP contribution in [0.5, 0.6) is 0 Å².